The summed E-state index contributed by atoms with van der Waals surface area (Å²) in [6, 6.07) is 0. The summed E-state index contributed by atoms with van der Waals surface area (Å²) in [5.74, 6) is -2.47. The molecule has 0 saturated carbocycles. The molecule has 13 heavy (non-hydrogen) atoms. The predicted molar refractivity (Wildman–Crippen MR) is 47.0 cm³/mol. The van der Waals surface area contributed by atoms with Gasteiger partial charge in [-0.1, -0.05) is 0 Å². The molecule has 2 saturated heterocycles. The number of nitrogens with zero attached hydrogens (tertiary/aromatic N) is 1. The largest absolute Gasteiger partial charge is 0.316 e. The summed E-state index contributed by atoms with van der Waals surface area (Å²) in [7, 11) is 1.93. The number of nitrogens with one attached hydrogen (secondary N) is 1. The number of hydrogen-bond donors (Lipinski definition) is 1. The second kappa shape index (κ2) is 2.89. The zero-order valence-corrected chi connectivity index (χ0v) is 7.95. The van der Waals surface area contributed by atoms with Gasteiger partial charge in [-0.2, -0.15) is 0 Å². The minimum Gasteiger partial charge on any atom is -0.316 e. The van der Waals surface area contributed by atoms with Crippen molar-refractivity contribution in [3.8, 4) is 0 Å². The van der Waals surface area contributed by atoms with Crippen molar-refractivity contribution in [1.82, 2.24) is 10.2 Å². The summed E-state index contributed by atoms with van der Waals surface area (Å²) < 4.78 is 27.3. The van der Waals surface area contributed by atoms with E-state index in [1.165, 1.54) is 0 Å². The van der Waals surface area contributed by atoms with Gasteiger partial charge in [0.15, 0.2) is 0 Å². The van der Waals surface area contributed by atoms with E-state index >= 15 is 0 Å². The Bertz CT molecular complexity index is 200. The van der Waals surface area contributed by atoms with Crippen molar-refractivity contribution in [2.75, 3.05) is 33.2 Å². The van der Waals surface area contributed by atoms with Gasteiger partial charge in [-0.25, -0.2) is 8.78 Å². The van der Waals surface area contributed by atoms with Gasteiger partial charge in [0.25, 0.3) is 5.92 Å². The van der Waals surface area contributed by atoms with Crippen molar-refractivity contribution in [2.24, 2.45) is 5.41 Å². The Kier molecular flexibility index (Phi) is 2.07. The first-order valence-corrected chi connectivity index (χ1v) is 4.83. The molecule has 2 nitrogen and oxygen atoms in total. The Hall–Kier alpha value is -0.220. The smallest absolute Gasteiger partial charge is 0.257 e. The Labute approximate surface area is 77.3 Å². The minimum atomic E-state index is -2.47. The van der Waals surface area contributed by atoms with E-state index in [0.717, 1.165) is 6.54 Å². The minimum absolute atomic E-state index is 0.0190. The van der Waals surface area contributed by atoms with Gasteiger partial charge in [-0.15, -0.1) is 0 Å². The van der Waals surface area contributed by atoms with Crippen molar-refractivity contribution in [2.45, 2.75) is 18.8 Å². The summed E-state index contributed by atoms with van der Waals surface area (Å²) in [5.41, 5.74) is -0.778. The van der Waals surface area contributed by atoms with E-state index in [1.807, 2.05) is 11.9 Å². The van der Waals surface area contributed by atoms with Crippen molar-refractivity contribution >= 4 is 0 Å². The van der Waals surface area contributed by atoms with Crippen LogP contribution in [0, 0.1) is 5.41 Å². The number of halogens is 2. The van der Waals surface area contributed by atoms with Crippen molar-refractivity contribution in [1.29, 1.82) is 0 Å². The molecule has 4 heteroatoms. The third kappa shape index (κ3) is 1.36. The molecule has 0 bridgehead atoms. The third-order valence-electron chi connectivity index (χ3n) is 3.40. The van der Waals surface area contributed by atoms with E-state index in [1.54, 1.807) is 0 Å². The average Bonchev–Trinajstić information content (AvgIpc) is 2.49. The highest BCUT2D eigenvalue weighted by Crippen LogP contribution is 2.46. The molecule has 2 aliphatic rings. The molecule has 1 spiro atoms. The highest BCUT2D eigenvalue weighted by Gasteiger charge is 2.56. The molecule has 1 atom stereocenters. The second-order valence-electron chi connectivity index (χ2n) is 4.40. The first-order valence-electron chi connectivity index (χ1n) is 4.83. The second-order valence-corrected chi connectivity index (χ2v) is 4.40. The van der Waals surface area contributed by atoms with Crippen LogP contribution in [-0.4, -0.2) is 44.0 Å². The van der Waals surface area contributed by atoms with Crippen LogP contribution < -0.4 is 5.32 Å². The number of hydrogen-bond acceptors (Lipinski definition) is 2. The fraction of sp³-hybridized carbons (Fsp3) is 1.00. The average molecular weight is 190 g/mol. The van der Waals surface area contributed by atoms with Gasteiger partial charge in [-0.05, 0) is 20.0 Å². The van der Waals surface area contributed by atoms with Crippen LogP contribution in [0.15, 0.2) is 0 Å². The highest BCUT2D eigenvalue weighted by molar-refractivity contribution is 5.02. The Morgan fingerprint density at radius 3 is 2.69 bits per heavy atom. The summed E-state index contributed by atoms with van der Waals surface area (Å²) in [6.45, 7) is 2.27. The Balaban J connectivity index is 2.20. The molecule has 0 amide bonds. The Morgan fingerprint density at radius 2 is 2.08 bits per heavy atom. The van der Waals surface area contributed by atoms with Crippen LogP contribution in [0.3, 0.4) is 0 Å². The van der Waals surface area contributed by atoms with Crippen LogP contribution >= 0.6 is 0 Å². The Morgan fingerprint density at radius 1 is 1.31 bits per heavy atom. The lowest BCUT2D eigenvalue weighted by atomic mass is 9.76. The molecule has 2 rings (SSSR count). The van der Waals surface area contributed by atoms with E-state index in [9.17, 15) is 8.78 Å². The lowest BCUT2D eigenvalue weighted by Gasteiger charge is -2.44. The van der Waals surface area contributed by atoms with E-state index in [2.05, 4.69) is 5.32 Å². The topological polar surface area (TPSA) is 15.3 Å². The molecular weight excluding hydrogens is 174 g/mol. The molecule has 0 aromatic rings. The summed E-state index contributed by atoms with van der Waals surface area (Å²) in [6.07, 6.45) is 0.634. The first kappa shape index (κ1) is 9.34. The van der Waals surface area contributed by atoms with E-state index in [-0.39, 0.29) is 6.42 Å². The lowest BCUT2D eigenvalue weighted by Crippen LogP contribution is -2.55. The van der Waals surface area contributed by atoms with Gasteiger partial charge >= 0.3 is 0 Å². The van der Waals surface area contributed by atoms with Gasteiger partial charge < -0.3 is 10.2 Å². The standard InChI is InChI=1S/C9H16F2N2/c1-13-5-3-9(10,11)8(7-13)2-4-12-6-8/h12H,2-7H2,1H3. The van der Waals surface area contributed by atoms with E-state index in [0.29, 0.717) is 26.1 Å². The highest BCUT2D eigenvalue weighted by atomic mass is 19.3. The van der Waals surface area contributed by atoms with Gasteiger partial charge in [0, 0.05) is 26.1 Å². The van der Waals surface area contributed by atoms with Crippen molar-refractivity contribution in [3.63, 3.8) is 0 Å². The zero-order valence-electron chi connectivity index (χ0n) is 7.95. The molecule has 2 fully saturated rings. The number of alkyl halides is 2. The molecule has 0 aliphatic carbocycles. The number of likely N-dealkylation sites (tertiary alicyclic amines) is 1. The van der Waals surface area contributed by atoms with Gasteiger partial charge in [0.2, 0.25) is 0 Å². The molecule has 0 aromatic heterocycles. The normalized spacial score (nSPS) is 39.9. The molecular formula is C9H16F2N2. The summed E-state index contributed by atoms with van der Waals surface area (Å²) >= 11 is 0. The third-order valence-corrected chi connectivity index (χ3v) is 3.40. The molecule has 0 radical (unpaired) electrons. The quantitative estimate of drug-likeness (QED) is 0.611. The molecule has 76 valence electrons. The maximum Gasteiger partial charge on any atom is 0.257 e. The van der Waals surface area contributed by atoms with E-state index in [4.69, 9.17) is 0 Å². The number of rotatable bonds is 0. The fourth-order valence-electron chi connectivity index (χ4n) is 2.50. The van der Waals surface area contributed by atoms with Gasteiger partial charge in [0.1, 0.15) is 0 Å². The van der Waals surface area contributed by atoms with Crippen molar-refractivity contribution in [3.05, 3.63) is 0 Å². The van der Waals surface area contributed by atoms with Crippen LogP contribution in [0.5, 0.6) is 0 Å². The molecule has 0 aromatic carbocycles. The maximum atomic E-state index is 13.7. The van der Waals surface area contributed by atoms with Crippen molar-refractivity contribution < 1.29 is 8.78 Å². The molecule has 2 heterocycles. The van der Waals surface area contributed by atoms with Gasteiger partial charge in [0.05, 0.1) is 5.41 Å². The first-order chi connectivity index (χ1) is 6.06. The van der Waals surface area contributed by atoms with Crippen LogP contribution in [-0.2, 0) is 0 Å². The molecule has 1 unspecified atom stereocenters. The van der Waals surface area contributed by atoms with Crippen LogP contribution in [0.2, 0.25) is 0 Å². The molecule has 2 aliphatic heterocycles. The summed E-state index contributed by atoms with van der Waals surface area (Å²) in [5, 5.41) is 3.05. The van der Waals surface area contributed by atoms with E-state index < -0.39 is 11.3 Å². The molecule has 1 N–H and O–H groups in total. The monoisotopic (exact) mass is 190 g/mol. The van der Waals surface area contributed by atoms with Crippen LogP contribution in [0.1, 0.15) is 12.8 Å². The van der Waals surface area contributed by atoms with Crippen LogP contribution in [0.25, 0.3) is 0 Å². The fourth-order valence-corrected chi connectivity index (χ4v) is 2.50. The lowest BCUT2D eigenvalue weighted by molar-refractivity contribution is -0.154. The number of piperidine rings is 1. The summed E-state index contributed by atoms with van der Waals surface area (Å²) in [4.78, 5) is 2.02. The van der Waals surface area contributed by atoms with Gasteiger partial charge in [-0.3, -0.25) is 0 Å². The SMILES string of the molecule is CN1CCC(F)(F)C2(CCNC2)C1. The predicted octanol–water partition coefficient (Wildman–Crippen LogP) is 0.937. The van der Waals surface area contributed by atoms with Crippen LogP contribution in [0.4, 0.5) is 8.78 Å². The maximum absolute atomic E-state index is 13.7. The zero-order chi connectivity index (χ0) is 9.53.